The quantitative estimate of drug-likeness (QED) is 0.292. The van der Waals surface area contributed by atoms with E-state index in [1.807, 2.05) is 12.1 Å². The van der Waals surface area contributed by atoms with Crippen LogP contribution in [0.4, 0.5) is 0 Å². The second-order valence-corrected chi connectivity index (χ2v) is 9.29. The van der Waals surface area contributed by atoms with Gasteiger partial charge in [-0.1, -0.05) is 39.3 Å². The number of amides is 1. The maximum Gasteiger partial charge on any atom is 0.326 e. The molecule has 1 heterocycles. The molecule has 2 atom stereocenters. The first kappa shape index (κ1) is 29.6. The number of benzene rings is 1. The average molecular weight is 495 g/mol. The van der Waals surface area contributed by atoms with E-state index in [1.54, 1.807) is 19.9 Å². The van der Waals surface area contributed by atoms with E-state index in [0.29, 0.717) is 5.75 Å². The summed E-state index contributed by atoms with van der Waals surface area (Å²) in [5.41, 5.74) is 1.13. The fraction of sp³-hybridized carbons (Fsp3) is 0.600. The van der Waals surface area contributed by atoms with E-state index in [2.05, 4.69) is 30.3 Å². The maximum atomic E-state index is 12.3. The molecule has 1 aromatic rings. The Morgan fingerprint density at radius 2 is 1.88 bits per heavy atom. The topological polar surface area (TPSA) is 113 Å². The Bertz CT molecular complexity index is 875. The number of carboxylic acid groups (broad SMARTS) is 1. The van der Waals surface area contributed by atoms with Crippen molar-refractivity contribution in [2.24, 2.45) is 5.92 Å². The predicted octanol–water partition coefficient (Wildman–Crippen LogP) is 3.04. The molecule has 1 unspecified atom stereocenters. The second kappa shape index (κ2) is 13.5. The minimum atomic E-state index is -1.21. The third-order valence-corrected chi connectivity index (χ3v) is 6.40. The van der Waals surface area contributed by atoms with E-state index in [4.69, 9.17) is 9.84 Å². The SMILES string of the molecule is CCC1(c2cccc(OC(=O)CCC(=O)C(=O)N[C@H](C(=O)O)C(C)C)c2)CCCCN(C)C1.S. The Labute approximate surface area is 208 Å². The molecule has 1 saturated heterocycles. The number of aliphatic carboxylic acids is 1. The first-order valence-corrected chi connectivity index (χ1v) is 11.6. The lowest BCUT2D eigenvalue weighted by molar-refractivity contribution is -0.146. The molecule has 1 fully saturated rings. The summed E-state index contributed by atoms with van der Waals surface area (Å²) in [7, 11) is 2.13. The molecule has 1 aliphatic rings. The molecule has 0 bridgehead atoms. The van der Waals surface area contributed by atoms with Gasteiger partial charge in [-0.05, 0) is 56.5 Å². The van der Waals surface area contributed by atoms with E-state index in [1.165, 1.54) is 6.42 Å². The Morgan fingerprint density at radius 1 is 1.18 bits per heavy atom. The van der Waals surface area contributed by atoms with Gasteiger partial charge in [0, 0.05) is 18.4 Å². The smallest absolute Gasteiger partial charge is 0.326 e. The number of hydrogen-bond donors (Lipinski definition) is 2. The Kier molecular flexibility index (Phi) is 11.8. The summed E-state index contributed by atoms with van der Waals surface area (Å²) in [6, 6.07) is 6.39. The van der Waals surface area contributed by atoms with E-state index in [9.17, 15) is 19.2 Å². The molecule has 0 aromatic heterocycles. The molecule has 9 heteroatoms. The number of likely N-dealkylation sites (N-methyl/N-ethyl adjacent to an activating group) is 1. The number of Topliss-reactive ketones (excluding diaryl/α,β-unsaturated/α-hetero) is 1. The monoisotopic (exact) mass is 494 g/mol. The zero-order chi connectivity index (χ0) is 24.6. The van der Waals surface area contributed by atoms with Crippen molar-refractivity contribution in [1.29, 1.82) is 0 Å². The van der Waals surface area contributed by atoms with Gasteiger partial charge in [0.15, 0.2) is 0 Å². The molecule has 0 aliphatic carbocycles. The molecule has 190 valence electrons. The third-order valence-electron chi connectivity index (χ3n) is 6.40. The minimum Gasteiger partial charge on any atom is -0.480 e. The summed E-state index contributed by atoms with van der Waals surface area (Å²) in [5.74, 6) is -3.64. The van der Waals surface area contributed by atoms with Gasteiger partial charge in [-0.15, -0.1) is 0 Å². The van der Waals surface area contributed by atoms with Crippen LogP contribution in [0.1, 0.15) is 64.9 Å². The average Bonchev–Trinajstić information content (AvgIpc) is 2.97. The molecule has 1 amide bonds. The van der Waals surface area contributed by atoms with Crippen molar-refractivity contribution in [1.82, 2.24) is 10.2 Å². The van der Waals surface area contributed by atoms with Gasteiger partial charge in [0.25, 0.3) is 5.91 Å². The Morgan fingerprint density at radius 3 is 2.50 bits per heavy atom. The molecule has 1 aromatic carbocycles. The number of ether oxygens (including phenoxy) is 1. The van der Waals surface area contributed by atoms with Crippen LogP contribution in [0, 0.1) is 5.92 Å². The van der Waals surface area contributed by atoms with Crippen LogP contribution in [0.3, 0.4) is 0 Å². The number of nitrogens with one attached hydrogen (secondary N) is 1. The number of nitrogens with zero attached hydrogens (tertiary/aromatic N) is 1. The number of carbonyl (C=O) groups is 4. The predicted molar refractivity (Wildman–Crippen MR) is 134 cm³/mol. The highest BCUT2D eigenvalue weighted by Gasteiger charge is 2.33. The summed E-state index contributed by atoms with van der Waals surface area (Å²) in [5, 5.41) is 11.3. The van der Waals surface area contributed by atoms with Crippen LogP contribution in [0.25, 0.3) is 0 Å². The molecule has 0 radical (unpaired) electrons. The third kappa shape index (κ3) is 8.13. The summed E-state index contributed by atoms with van der Waals surface area (Å²) < 4.78 is 5.45. The van der Waals surface area contributed by atoms with Gasteiger partial charge < -0.3 is 20.1 Å². The molecule has 1 aliphatic heterocycles. The van der Waals surface area contributed by atoms with Crippen molar-refractivity contribution in [3.63, 3.8) is 0 Å². The normalized spacial score (nSPS) is 19.4. The fourth-order valence-electron chi connectivity index (χ4n) is 4.38. The zero-order valence-electron chi connectivity index (χ0n) is 20.6. The largest absolute Gasteiger partial charge is 0.480 e. The zero-order valence-corrected chi connectivity index (χ0v) is 21.6. The van der Waals surface area contributed by atoms with Gasteiger partial charge in [0.2, 0.25) is 5.78 Å². The van der Waals surface area contributed by atoms with Gasteiger partial charge >= 0.3 is 11.9 Å². The van der Waals surface area contributed by atoms with E-state index in [0.717, 1.165) is 37.9 Å². The number of esters is 1. The van der Waals surface area contributed by atoms with E-state index >= 15 is 0 Å². The molecule has 2 N–H and O–H groups in total. The Balaban J connectivity index is 0.00000578. The second-order valence-electron chi connectivity index (χ2n) is 9.29. The fourth-order valence-corrected chi connectivity index (χ4v) is 4.38. The number of likely N-dealkylation sites (tertiary alicyclic amines) is 1. The standard InChI is InChI=1S/C25H36N2O6.H2S/c1-5-25(13-6-7-14-27(4)16-25)18-9-8-10-19(15-18)33-21(29)12-11-20(28)23(30)26-22(17(2)3)24(31)32;/h8-10,15,17,22H,5-7,11-14,16H2,1-4H3,(H,26,30)(H,31,32);1H2/t22-,25?;/m0./s1. The highest BCUT2D eigenvalue weighted by Crippen LogP contribution is 2.37. The van der Waals surface area contributed by atoms with Crippen molar-refractivity contribution in [2.45, 2.75) is 70.8 Å². The number of hydrogen-bond acceptors (Lipinski definition) is 6. The highest BCUT2D eigenvalue weighted by atomic mass is 32.1. The van der Waals surface area contributed by atoms with Crippen LogP contribution in [0.5, 0.6) is 5.75 Å². The summed E-state index contributed by atoms with van der Waals surface area (Å²) in [6.07, 6.45) is 3.75. The number of carboxylic acids is 1. The molecule has 2 rings (SSSR count). The molecular formula is C25H38N2O6S. The van der Waals surface area contributed by atoms with Gasteiger partial charge in [0.05, 0.1) is 6.42 Å². The van der Waals surface area contributed by atoms with Crippen molar-refractivity contribution >= 4 is 37.1 Å². The molecule has 34 heavy (non-hydrogen) atoms. The molecule has 0 spiro atoms. The summed E-state index contributed by atoms with van der Waals surface area (Å²) in [4.78, 5) is 49.9. The number of ketones is 1. The minimum absolute atomic E-state index is 0. The lowest BCUT2D eigenvalue weighted by Gasteiger charge is -2.35. The molecule has 8 nitrogen and oxygen atoms in total. The maximum absolute atomic E-state index is 12.3. The van der Waals surface area contributed by atoms with Crippen LogP contribution in [0.2, 0.25) is 0 Å². The van der Waals surface area contributed by atoms with Crippen molar-refractivity contribution in [3.8, 4) is 5.75 Å². The number of carbonyl (C=O) groups excluding carboxylic acids is 3. The Hall–Kier alpha value is -2.39. The van der Waals surface area contributed by atoms with Crippen LogP contribution in [-0.4, -0.2) is 59.8 Å². The van der Waals surface area contributed by atoms with Crippen molar-refractivity contribution in [3.05, 3.63) is 29.8 Å². The van der Waals surface area contributed by atoms with Crippen LogP contribution in [0.15, 0.2) is 24.3 Å². The summed E-state index contributed by atoms with van der Waals surface area (Å²) in [6.45, 7) is 7.46. The number of rotatable bonds is 10. The summed E-state index contributed by atoms with van der Waals surface area (Å²) >= 11 is 0. The van der Waals surface area contributed by atoms with Crippen molar-refractivity contribution < 1.29 is 29.0 Å². The van der Waals surface area contributed by atoms with Gasteiger partial charge in [-0.3, -0.25) is 14.4 Å². The lowest BCUT2D eigenvalue weighted by atomic mass is 9.74. The van der Waals surface area contributed by atoms with E-state index < -0.39 is 29.7 Å². The van der Waals surface area contributed by atoms with E-state index in [-0.39, 0.29) is 37.7 Å². The first-order chi connectivity index (χ1) is 15.6. The van der Waals surface area contributed by atoms with Gasteiger partial charge in [-0.2, -0.15) is 13.5 Å². The first-order valence-electron chi connectivity index (χ1n) is 11.6. The van der Waals surface area contributed by atoms with Gasteiger partial charge in [-0.25, -0.2) is 4.79 Å². The van der Waals surface area contributed by atoms with Crippen LogP contribution >= 0.6 is 13.5 Å². The highest BCUT2D eigenvalue weighted by molar-refractivity contribution is 7.59. The van der Waals surface area contributed by atoms with Crippen molar-refractivity contribution in [2.75, 3.05) is 20.1 Å². The van der Waals surface area contributed by atoms with Crippen LogP contribution < -0.4 is 10.1 Å². The van der Waals surface area contributed by atoms with Crippen LogP contribution in [-0.2, 0) is 24.6 Å². The molecule has 0 saturated carbocycles. The lowest BCUT2D eigenvalue weighted by Crippen LogP contribution is -2.47. The van der Waals surface area contributed by atoms with Gasteiger partial charge in [0.1, 0.15) is 11.8 Å². The molecular weight excluding hydrogens is 456 g/mol.